The Hall–Kier alpha value is -1.56. The lowest BCUT2D eigenvalue weighted by Gasteiger charge is -2.12. The molecular formula is C16H15. The molecule has 0 unspecified atom stereocenters. The standard InChI is InChI=1S/C16H15/c1-3-11-8-9-13-6-5-7-14-10-12(4-2)15(11)16(13)14/h3-4,8-10H,1-2,5-7H2. The third-order valence-electron chi connectivity index (χ3n) is 3.60. The molecule has 0 atom stereocenters. The molecule has 79 valence electrons. The Kier molecular flexibility index (Phi) is 2.10. The summed E-state index contributed by atoms with van der Waals surface area (Å²) in [5.74, 6) is 0. The van der Waals surface area contributed by atoms with Crippen LogP contribution in [0.25, 0.3) is 17.2 Å². The Morgan fingerprint density at radius 3 is 2.62 bits per heavy atom. The van der Waals surface area contributed by atoms with Crippen molar-refractivity contribution >= 4 is 17.2 Å². The summed E-state index contributed by atoms with van der Waals surface area (Å²) < 4.78 is 0. The third-order valence-corrected chi connectivity index (χ3v) is 3.60. The molecule has 16 heavy (non-hydrogen) atoms. The van der Waals surface area contributed by atoms with Crippen LogP contribution < -0.4 is 10.4 Å². The molecule has 1 radical (unpaired) electrons. The predicted molar refractivity (Wildman–Crippen MR) is 70.0 cm³/mol. The third kappa shape index (κ3) is 1.16. The van der Waals surface area contributed by atoms with E-state index < -0.39 is 0 Å². The van der Waals surface area contributed by atoms with Crippen LogP contribution in [-0.4, -0.2) is 0 Å². The van der Waals surface area contributed by atoms with Gasteiger partial charge in [0.2, 0.25) is 0 Å². The fourth-order valence-electron chi connectivity index (χ4n) is 2.88. The monoisotopic (exact) mass is 207 g/mol. The van der Waals surface area contributed by atoms with Crippen molar-refractivity contribution in [1.29, 1.82) is 0 Å². The van der Waals surface area contributed by atoms with Crippen LogP contribution >= 0.6 is 0 Å². The Morgan fingerprint density at radius 1 is 1.00 bits per heavy atom. The zero-order chi connectivity index (χ0) is 11.1. The molecule has 0 heterocycles. The molecule has 0 nitrogen and oxygen atoms in total. The molecule has 3 rings (SSSR count). The lowest BCUT2D eigenvalue weighted by Crippen LogP contribution is -2.32. The van der Waals surface area contributed by atoms with Crippen molar-refractivity contribution < 1.29 is 0 Å². The van der Waals surface area contributed by atoms with Gasteiger partial charge in [-0.1, -0.05) is 43.0 Å². The first kappa shape index (κ1) is 9.65. The Labute approximate surface area is 96.3 Å². The molecule has 0 spiro atoms. The maximum Gasteiger partial charge on any atom is 0.0170 e. The Bertz CT molecular complexity index is 600. The summed E-state index contributed by atoms with van der Waals surface area (Å²) in [5.41, 5.74) is 5.50. The topological polar surface area (TPSA) is 0 Å². The van der Waals surface area contributed by atoms with Crippen LogP contribution in [0.4, 0.5) is 0 Å². The molecule has 1 aromatic rings. The van der Waals surface area contributed by atoms with Crippen molar-refractivity contribution in [2.75, 3.05) is 0 Å². The molecule has 0 aromatic heterocycles. The van der Waals surface area contributed by atoms with E-state index in [4.69, 9.17) is 0 Å². The predicted octanol–water partition coefficient (Wildman–Crippen LogP) is 2.37. The summed E-state index contributed by atoms with van der Waals surface area (Å²) in [6, 6.07) is 4.45. The van der Waals surface area contributed by atoms with E-state index in [9.17, 15) is 0 Å². The second-order valence-electron chi connectivity index (χ2n) is 4.45. The van der Waals surface area contributed by atoms with Gasteiger partial charge in [-0.15, -0.1) is 0 Å². The first-order chi connectivity index (χ1) is 7.85. The van der Waals surface area contributed by atoms with Gasteiger partial charge in [0.15, 0.2) is 0 Å². The maximum atomic E-state index is 3.92. The molecule has 0 fully saturated rings. The Balaban J connectivity index is 2.53. The largest absolute Gasteiger partial charge is 0.0987 e. The van der Waals surface area contributed by atoms with E-state index in [1.54, 1.807) is 0 Å². The van der Waals surface area contributed by atoms with Crippen molar-refractivity contribution in [3.63, 3.8) is 0 Å². The zero-order valence-corrected chi connectivity index (χ0v) is 9.42. The van der Waals surface area contributed by atoms with E-state index in [-0.39, 0.29) is 0 Å². The first-order valence-corrected chi connectivity index (χ1v) is 5.84. The molecule has 2 aliphatic carbocycles. The van der Waals surface area contributed by atoms with Gasteiger partial charge in [0, 0.05) is 6.42 Å². The van der Waals surface area contributed by atoms with Gasteiger partial charge in [-0.05, 0) is 46.4 Å². The van der Waals surface area contributed by atoms with E-state index in [1.165, 1.54) is 52.0 Å². The average molecular weight is 207 g/mol. The zero-order valence-electron chi connectivity index (χ0n) is 9.42. The van der Waals surface area contributed by atoms with Crippen LogP contribution in [0.15, 0.2) is 31.4 Å². The smallest absolute Gasteiger partial charge is 0.0170 e. The minimum atomic E-state index is 1.21. The van der Waals surface area contributed by atoms with Crippen LogP contribution in [0.3, 0.4) is 0 Å². The molecule has 0 aliphatic heterocycles. The highest BCUT2D eigenvalue weighted by Gasteiger charge is 2.19. The highest BCUT2D eigenvalue weighted by atomic mass is 14.2. The summed E-state index contributed by atoms with van der Waals surface area (Å²) in [6.45, 7) is 7.82. The van der Waals surface area contributed by atoms with E-state index in [0.29, 0.717) is 0 Å². The highest BCUT2D eigenvalue weighted by molar-refractivity contribution is 5.85. The van der Waals surface area contributed by atoms with Gasteiger partial charge in [0.25, 0.3) is 0 Å². The van der Waals surface area contributed by atoms with Crippen LogP contribution in [0.5, 0.6) is 0 Å². The number of rotatable bonds is 2. The van der Waals surface area contributed by atoms with Gasteiger partial charge >= 0.3 is 0 Å². The van der Waals surface area contributed by atoms with Crippen LogP contribution in [0.2, 0.25) is 0 Å². The fraction of sp³-hybridized carbons (Fsp3) is 0.188. The van der Waals surface area contributed by atoms with Gasteiger partial charge in [-0.25, -0.2) is 0 Å². The molecule has 0 heteroatoms. The fourth-order valence-corrected chi connectivity index (χ4v) is 2.88. The summed E-state index contributed by atoms with van der Waals surface area (Å²) in [5, 5.41) is 2.83. The second kappa shape index (κ2) is 3.48. The molecule has 0 bridgehead atoms. The van der Waals surface area contributed by atoms with E-state index >= 15 is 0 Å². The lowest BCUT2D eigenvalue weighted by atomic mass is 9.93. The van der Waals surface area contributed by atoms with Crippen molar-refractivity contribution in [3.05, 3.63) is 59.4 Å². The van der Waals surface area contributed by atoms with Crippen molar-refractivity contribution in [3.8, 4) is 0 Å². The summed E-state index contributed by atoms with van der Waals surface area (Å²) in [6.07, 6.45) is 9.90. The number of hydrogen-bond donors (Lipinski definition) is 0. The summed E-state index contributed by atoms with van der Waals surface area (Å²) in [7, 11) is 0. The van der Waals surface area contributed by atoms with E-state index in [1.807, 2.05) is 12.2 Å². The SMILES string of the molecule is C=CC1=c2c(C=C)ccc3c2=C([CH]1)CCC3. The van der Waals surface area contributed by atoms with Gasteiger partial charge < -0.3 is 0 Å². The van der Waals surface area contributed by atoms with Gasteiger partial charge in [-0.2, -0.15) is 0 Å². The van der Waals surface area contributed by atoms with Gasteiger partial charge in [-0.3, -0.25) is 0 Å². The normalized spacial score (nSPS) is 17.2. The minimum Gasteiger partial charge on any atom is -0.0987 e. The summed E-state index contributed by atoms with van der Waals surface area (Å²) >= 11 is 0. The van der Waals surface area contributed by atoms with Crippen molar-refractivity contribution in [1.82, 2.24) is 0 Å². The minimum absolute atomic E-state index is 1.21. The molecule has 2 aliphatic rings. The van der Waals surface area contributed by atoms with Crippen molar-refractivity contribution in [2.24, 2.45) is 0 Å². The van der Waals surface area contributed by atoms with Crippen molar-refractivity contribution in [2.45, 2.75) is 19.3 Å². The second-order valence-corrected chi connectivity index (χ2v) is 4.45. The van der Waals surface area contributed by atoms with Crippen LogP contribution in [0.1, 0.15) is 24.0 Å². The maximum absolute atomic E-state index is 3.92. The van der Waals surface area contributed by atoms with Crippen LogP contribution in [-0.2, 0) is 6.42 Å². The van der Waals surface area contributed by atoms with E-state index in [0.717, 1.165) is 0 Å². The molecule has 0 N–H and O–H groups in total. The van der Waals surface area contributed by atoms with Gasteiger partial charge in [0.1, 0.15) is 0 Å². The number of hydrogen-bond acceptors (Lipinski definition) is 0. The Morgan fingerprint density at radius 2 is 1.88 bits per heavy atom. The quantitative estimate of drug-likeness (QED) is 0.698. The molecule has 0 saturated heterocycles. The number of aryl methyl sites for hydroxylation is 1. The first-order valence-electron chi connectivity index (χ1n) is 5.84. The highest BCUT2D eigenvalue weighted by Crippen LogP contribution is 2.24. The summed E-state index contributed by atoms with van der Waals surface area (Å²) in [4.78, 5) is 0. The molecule has 0 amide bonds. The molecular weight excluding hydrogens is 192 g/mol. The lowest BCUT2D eigenvalue weighted by molar-refractivity contribution is 0.821. The number of benzene rings is 1. The molecule has 0 saturated carbocycles. The average Bonchev–Trinajstić information content (AvgIpc) is 2.71. The van der Waals surface area contributed by atoms with Crippen LogP contribution in [0, 0.1) is 6.42 Å². The van der Waals surface area contributed by atoms with E-state index in [2.05, 4.69) is 31.7 Å². The van der Waals surface area contributed by atoms with Gasteiger partial charge in [0.05, 0.1) is 0 Å². The number of allylic oxidation sites excluding steroid dienone is 1. The molecule has 1 aromatic carbocycles.